The number of rotatable bonds is 4. The molecule has 1 unspecified atom stereocenters. The third-order valence-corrected chi connectivity index (χ3v) is 1.83. The Morgan fingerprint density at radius 3 is 2.60 bits per heavy atom. The van der Waals surface area contributed by atoms with E-state index in [4.69, 9.17) is 22.0 Å². The molecule has 0 spiro atoms. The van der Waals surface area contributed by atoms with Gasteiger partial charge in [0.05, 0.1) is 0 Å². The van der Waals surface area contributed by atoms with Crippen LogP contribution in [-0.2, 0) is 4.79 Å². The number of hydrogen-bond donors (Lipinski definition) is 2. The fourth-order valence-corrected chi connectivity index (χ4v) is 1.04. The van der Waals surface area contributed by atoms with Gasteiger partial charge < -0.3 is 15.6 Å². The highest BCUT2D eigenvalue weighted by atomic mass is 16.5. The van der Waals surface area contributed by atoms with Gasteiger partial charge in [0.25, 0.3) is 0 Å². The van der Waals surface area contributed by atoms with E-state index in [2.05, 4.69) is 5.92 Å². The van der Waals surface area contributed by atoms with Gasteiger partial charge in [0, 0.05) is 0 Å². The predicted molar refractivity (Wildman–Crippen MR) is 55.3 cm³/mol. The quantitative estimate of drug-likeness (QED) is 0.712. The summed E-state index contributed by atoms with van der Waals surface area (Å²) in [6, 6.07) is 5.46. The van der Waals surface area contributed by atoms with Gasteiger partial charge in [-0.15, -0.1) is 6.42 Å². The number of hydrogen-bond acceptors (Lipinski definition) is 3. The molecule has 0 aromatic heterocycles. The number of ether oxygens (including phenoxy) is 1. The van der Waals surface area contributed by atoms with Crippen molar-refractivity contribution < 1.29 is 14.6 Å². The third-order valence-electron chi connectivity index (χ3n) is 1.83. The van der Waals surface area contributed by atoms with E-state index >= 15 is 0 Å². The van der Waals surface area contributed by atoms with Gasteiger partial charge in [-0.1, -0.05) is 18.1 Å². The number of benzene rings is 1. The number of carboxylic acids is 1. The maximum Gasteiger partial charge on any atom is 0.325 e. The van der Waals surface area contributed by atoms with Crippen LogP contribution in [0.3, 0.4) is 0 Å². The van der Waals surface area contributed by atoms with Crippen molar-refractivity contribution in [2.24, 2.45) is 5.73 Å². The van der Waals surface area contributed by atoms with Gasteiger partial charge in [-0.05, 0) is 17.7 Å². The summed E-state index contributed by atoms with van der Waals surface area (Å²) >= 11 is 0. The molecule has 0 radical (unpaired) electrons. The maximum absolute atomic E-state index is 10.6. The van der Waals surface area contributed by atoms with Crippen molar-refractivity contribution in [1.29, 1.82) is 0 Å². The van der Waals surface area contributed by atoms with Crippen molar-refractivity contribution in [2.45, 2.75) is 6.04 Å². The summed E-state index contributed by atoms with van der Waals surface area (Å²) in [7, 11) is 0. The Hall–Kier alpha value is -1.99. The molecular formula is C11H11NO3. The molecule has 1 atom stereocenters. The van der Waals surface area contributed by atoms with Gasteiger partial charge in [-0.25, -0.2) is 0 Å². The van der Waals surface area contributed by atoms with Crippen molar-refractivity contribution in [3.05, 3.63) is 29.8 Å². The minimum atomic E-state index is -1.06. The Balaban J connectivity index is 2.72. The lowest BCUT2D eigenvalue weighted by atomic mass is 10.1. The monoisotopic (exact) mass is 205 g/mol. The Bertz CT molecular complexity index is 378. The minimum Gasteiger partial charge on any atom is -0.481 e. The van der Waals surface area contributed by atoms with E-state index in [1.54, 1.807) is 24.3 Å². The zero-order chi connectivity index (χ0) is 11.3. The molecule has 0 aliphatic carbocycles. The van der Waals surface area contributed by atoms with Gasteiger partial charge in [-0.2, -0.15) is 0 Å². The van der Waals surface area contributed by atoms with Gasteiger partial charge in [0.15, 0.2) is 0 Å². The number of terminal acetylenes is 1. The average Bonchev–Trinajstić information content (AvgIpc) is 2.26. The fourth-order valence-electron chi connectivity index (χ4n) is 1.04. The van der Waals surface area contributed by atoms with Crippen LogP contribution in [0, 0.1) is 12.3 Å². The number of aliphatic carboxylic acids is 1. The molecule has 3 N–H and O–H groups in total. The summed E-state index contributed by atoms with van der Waals surface area (Å²) in [5.41, 5.74) is 5.94. The molecule has 1 rings (SSSR count). The normalized spacial score (nSPS) is 11.5. The van der Waals surface area contributed by atoms with Crippen LogP contribution >= 0.6 is 0 Å². The first-order valence-corrected chi connectivity index (χ1v) is 4.29. The molecule has 0 amide bonds. The number of nitrogens with two attached hydrogens (primary N) is 1. The molecular weight excluding hydrogens is 194 g/mol. The Labute approximate surface area is 87.7 Å². The SMILES string of the molecule is C#CCOc1ccc(C(N)C(=O)O)cc1. The van der Waals surface area contributed by atoms with Crippen LogP contribution in [0.15, 0.2) is 24.3 Å². The van der Waals surface area contributed by atoms with Gasteiger partial charge in [0.1, 0.15) is 18.4 Å². The zero-order valence-corrected chi connectivity index (χ0v) is 8.01. The molecule has 0 heterocycles. The Morgan fingerprint density at radius 1 is 1.53 bits per heavy atom. The maximum atomic E-state index is 10.6. The fraction of sp³-hybridized carbons (Fsp3) is 0.182. The van der Waals surface area contributed by atoms with Crippen LogP contribution in [0.5, 0.6) is 5.75 Å². The molecule has 1 aromatic rings. The molecule has 4 heteroatoms. The van der Waals surface area contributed by atoms with Crippen molar-refractivity contribution in [3.63, 3.8) is 0 Å². The predicted octanol–water partition coefficient (Wildman–Crippen LogP) is 0.783. The average molecular weight is 205 g/mol. The highest BCUT2D eigenvalue weighted by Crippen LogP contribution is 2.16. The van der Waals surface area contributed by atoms with Crippen LogP contribution in [-0.4, -0.2) is 17.7 Å². The lowest BCUT2D eigenvalue weighted by Crippen LogP contribution is -2.20. The first-order chi connectivity index (χ1) is 7.15. The van der Waals surface area contributed by atoms with E-state index in [9.17, 15) is 4.79 Å². The summed E-state index contributed by atoms with van der Waals surface area (Å²) in [5, 5.41) is 8.66. The van der Waals surface area contributed by atoms with Crippen molar-refractivity contribution in [1.82, 2.24) is 0 Å². The molecule has 0 fully saturated rings. The third kappa shape index (κ3) is 3.01. The zero-order valence-electron chi connectivity index (χ0n) is 8.01. The molecule has 0 aliphatic heterocycles. The smallest absolute Gasteiger partial charge is 0.325 e. The van der Waals surface area contributed by atoms with Gasteiger partial charge in [0.2, 0.25) is 0 Å². The van der Waals surface area contributed by atoms with E-state index in [0.717, 1.165) is 0 Å². The second-order valence-corrected chi connectivity index (χ2v) is 2.88. The largest absolute Gasteiger partial charge is 0.481 e. The Morgan fingerprint density at radius 2 is 2.13 bits per heavy atom. The van der Waals surface area contributed by atoms with Gasteiger partial charge >= 0.3 is 5.97 Å². The molecule has 78 valence electrons. The molecule has 15 heavy (non-hydrogen) atoms. The summed E-state index contributed by atoms with van der Waals surface area (Å²) in [6.07, 6.45) is 5.02. The van der Waals surface area contributed by atoms with E-state index in [1.807, 2.05) is 0 Å². The van der Waals surface area contributed by atoms with Crippen LogP contribution < -0.4 is 10.5 Å². The van der Waals surface area contributed by atoms with E-state index < -0.39 is 12.0 Å². The van der Waals surface area contributed by atoms with Gasteiger partial charge in [-0.3, -0.25) is 4.79 Å². The summed E-state index contributed by atoms with van der Waals surface area (Å²) < 4.78 is 5.13. The molecule has 0 bridgehead atoms. The standard InChI is InChI=1S/C11H11NO3/c1-2-7-15-9-5-3-8(4-6-9)10(12)11(13)14/h1,3-6,10H,7,12H2,(H,13,14). The molecule has 0 saturated carbocycles. The van der Waals surface area contributed by atoms with Crippen molar-refractivity contribution >= 4 is 5.97 Å². The summed E-state index contributed by atoms with van der Waals surface area (Å²) in [5.74, 6) is 1.86. The minimum absolute atomic E-state index is 0.185. The van der Waals surface area contributed by atoms with Crippen molar-refractivity contribution in [2.75, 3.05) is 6.61 Å². The Kier molecular flexibility index (Phi) is 3.72. The summed E-state index contributed by atoms with van der Waals surface area (Å²) in [4.78, 5) is 10.6. The number of carboxylic acid groups (broad SMARTS) is 1. The first kappa shape index (κ1) is 11.1. The van der Waals surface area contributed by atoms with E-state index in [-0.39, 0.29) is 6.61 Å². The second-order valence-electron chi connectivity index (χ2n) is 2.88. The number of carbonyl (C=O) groups is 1. The van der Waals surface area contributed by atoms with Crippen LogP contribution in [0.2, 0.25) is 0 Å². The van der Waals surface area contributed by atoms with Crippen molar-refractivity contribution in [3.8, 4) is 18.1 Å². The molecule has 4 nitrogen and oxygen atoms in total. The van der Waals surface area contributed by atoms with Crippen LogP contribution in [0.25, 0.3) is 0 Å². The van der Waals surface area contributed by atoms with E-state index in [0.29, 0.717) is 11.3 Å². The molecule has 1 aromatic carbocycles. The topological polar surface area (TPSA) is 72.5 Å². The summed E-state index contributed by atoms with van der Waals surface area (Å²) in [6.45, 7) is 0.185. The molecule has 0 saturated heterocycles. The first-order valence-electron chi connectivity index (χ1n) is 4.29. The highest BCUT2D eigenvalue weighted by Gasteiger charge is 2.13. The van der Waals surface area contributed by atoms with E-state index in [1.165, 1.54) is 0 Å². The van der Waals surface area contributed by atoms with Crippen LogP contribution in [0.1, 0.15) is 11.6 Å². The second kappa shape index (κ2) is 5.03. The lowest BCUT2D eigenvalue weighted by Gasteiger charge is -2.07. The molecule has 0 aliphatic rings. The highest BCUT2D eigenvalue weighted by molar-refractivity contribution is 5.75. The van der Waals surface area contributed by atoms with Crippen LogP contribution in [0.4, 0.5) is 0 Å². The lowest BCUT2D eigenvalue weighted by molar-refractivity contribution is -0.138.